The molecule has 2 aromatic rings. The van der Waals surface area contributed by atoms with Gasteiger partial charge >= 0.3 is 0 Å². The Kier molecular flexibility index (Phi) is 7.24. The smallest absolute Gasteiger partial charge is 0.253 e. The fraction of sp³-hybridized carbons (Fsp3) is 0.263. The normalized spacial score (nSPS) is 10.2. The van der Waals surface area contributed by atoms with E-state index in [2.05, 4.69) is 33.2 Å². The van der Waals surface area contributed by atoms with Gasteiger partial charge in [0.25, 0.3) is 5.91 Å². The lowest BCUT2D eigenvalue weighted by atomic mass is 10.1. The molecule has 2 amide bonds. The zero-order chi connectivity index (χ0) is 18.2. The number of rotatable bonds is 7. The largest absolute Gasteiger partial charge is 0.376 e. The van der Waals surface area contributed by atoms with Crippen molar-refractivity contribution in [1.82, 2.24) is 4.90 Å². The summed E-state index contributed by atoms with van der Waals surface area (Å²) in [6.07, 6.45) is 0. The van der Waals surface area contributed by atoms with E-state index in [9.17, 15) is 9.59 Å². The summed E-state index contributed by atoms with van der Waals surface area (Å²) in [6, 6.07) is 14.8. The summed E-state index contributed by atoms with van der Waals surface area (Å²) < 4.78 is 1.14. The second-order valence-electron chi connectivity index (χ2n) is 5.47. The maximum absolute atomic E-state index is 12.4. The van der Waals surface area contributed by atoms with Crippen LogP contribution in [-0.2, 0) is 4.79 Å². The molecule has 2 N–H and O–H groups in total. The van der Waals surface area contributed by atoms with Gasteiger partial charge in [-0.1, -0.05) is 6.07 Å². The van der Waals surface area contributed by atoms with Crippen LogP contribution in [0.15, 0.2) is 48.5 Å². The Morgan fingerprint density at radius 1 is 1.00 bits per heavy atom. The summed E-state index contributed by atoms with van der Waals surface area (Å²) in [4.78, 5) is 26.2. The second-order valence-corrected chi connectivity index (χ2v) is 6.71. The van der Waals surface area contributed by atoms with Gasteiger partial charge in [0.15, 0.2) is 0 Å². The molecule has 0 aromatic heterocycles. The molecule has 0 aliphatic heterocycles. The summed E-state index contributed by atoms with van der Waals surface area (Å²) in [6.45, 7) is 5.37. The quantitative estimate of drug-likeness (QED) is 0.630. The molecule has 0 saturated heterocycles. The fourth-order valence-corrected chi connectivity index (χ4v) is 2.74. The Morgan fingerprint density at radius 3 is 2.32 bits per heavy atom. The van der Waals surface area contributed by atoms with Crippen LogP contribution in [0.2, 0.25) is 0 Å². The van der Waals surface area contributed by atoms with Crippen molar-refractivity contribution in [3.8, 4) is 0 Å². The average Bonchev–Trinajstić information content (AvgIpc) is 2.62. The van der Waals surface area contributed by atoms with Gasteiger partial charge in [-0.25, -0.2) is 0 Å². The first-order valence-corrected chi connectivity index (χ1v) is 9.30. The number of anilines is 2. The summed E-state index contributed by atoms with van der Waals surface area (Å²) in [5, 5.41) is 5.90. The van der Waals surface area contributed by atoms with Crippen LogP contribution in [0.5, 0.6) is 0 Å². The molecule has 25 heavy (non-hydrogen) atoms. The second kappa shape index (κ2) is 9.41. The zero-order valence-corrected chi connectivity index (χ0v) is 16.5. The highest BCUT2D eigenvalue weighted by Gasteiger charge is 2.13. The topological polar surface area (TPSA) is 61.4 Å². The molecule has 2 rings (SSSR count). The van der Waals surface area contributed by atoms with Gasteiger partial charge < -0.3 is 15.5 Å². The minimum Gasteiger partial charge on any atom is -0.376 e. The molecule has 0 unspecified atom stereocenters. The SMILES string of the molecule is CCN(CC)C(=O)c1cccc(NC(=O)CNc2ccc(I)cc2)c1. The average molecular weight is 451 g/mol. The van der Waals surface area contributed by atoms with Crippen LogP contribution in [0.4, 0.5) is 11.4 Å². The van der Waals surface area contributed by atoms with E-state index < -0.39 is 0 Å². The minimum atomic E-state index is -0.161. The number of hydrogen-bond acceptors (Lipinski definition) is 3. The standard InChI is InChI=1S/C19H22IN3O2/c1-3-23(4-2)19(25)14-6-5-7-17(12-14)22-18(24)13-21-16-10-8-15(20)9-11-16/h5-12,21H,3-4,13H2,1-2H3,(H,22,24). The lowest BCUT2D eigenvalue weighted by molar-refractivity contribution is -0.114. The van der Waals surface area contributed by atoms with E-state index in [-0.39, 0.29) is 18.4 Å². The zero-order valence-electron chi connectivity index (χ0n) is 14.4. The van der Waals surface area contributed by atoms with E-state index in [1.54, 1.807) is 29.2 Å². The summed E-state index contributed by atoms with van der Waals surface area (Å²) in [5.41, 5.74) is 2.08. The number of benzene rings is 2. The molecule has 6 heteroatoms. The van der Waals surface area contributed by atoms with Crippen molar-refractivity contribution in [2.24, 2.45) is 0 Å². The first-order chi connectivity index (χ1) is 12.0. The van der Waals surface area contributed by atoms with E-state index in [0.717, 1.165) is 9.26 Å². The van der Waals surface area contributed by atoms with Crippen molar-refractivity contribution in [3.63, 3.8) is 0 Å². The lowest BCUT2D eigenvalue weighted by Crippen LogP contribution is -2.30. The Labute approximate surface area is 161 Å². The predicted molar refractivity (Wildman–Crippen MR) is 110 cm³/mol. The van der Waals surface area contributed by atoms with Crippen molar-refractivity contribution >= 4 is 45.8 Å². The third kappa shape index (κ3) is 5.74. The van der Waals surface area contributed by atoms with Crippen LogP contribution < -0.4 is 10.6 Å². The third-order valence-electron chi connectivity index (χ3n) is 3.74. The molecule has 0 aliphatic rings. The molecule has 0 spiro atoms. The Bertz CT molecular complexity index is 728. The van der Waals surface area contributed by atoms with Crippen molar-refractivity contribution < 1.29 is 9.59 Å². The van der Waals surface area contributed by atoms with Crippen LogP contribution >= 0.6 is 22.6 Å². The van der Waals surface area contributed by atoms with E-state index in [0.29, 0.717) is 24.3 Å². The van der Waals surface area contributed by atoms with Crippen molar-refractivity contribution in [3.05, 3.63) is 57.7 Å². The van der Waals surface area contributed by atoms with Crippen molar-refractivity contribution in [1.29, 1.82) is 0 Å². The van der Waals surface area contributed by atoms with Crippen LogP contribution in [-0.4, -0.2) is 36.3 Å². The van der Waals surface area contributed by atoms with Crippen molar-refractivity contribution in [2.75, 3.05) is 30.3 Å². The first-order valence-electron chi connectivity index (χ1n) is 8.22. The van der Waals surface area contributed by atoms with E-state index >= 15 is 0 Å². The number of nitrogens with zero attached hydrogens (tertiary/aromatic N) is 1. The third-order valence-corrected chi connectivity index (χ3v) is 4.46. The number of nitrogens with one attached hydrogen (secondary N) is 2. The Hall–Kier alpha value is -2.09. The van der Waals surface area contributed by atoms with E-state index in [1.807, 2.05) is 38.1 Å². The lowest BCUT2D eigenvalue weighted by Gasteiger charge is -2.19. The molecule has 2 aromatic carbocycles. The number of halogens is 1. The van der Waals surface area contributed by atoms with Crippen molar-refractivity contribution in [2.45, 2.75) is 13.8 Å². The molecule has 0 radical (unpaired) electrons. The van der Waals surface area contributed by atoms with E-state index in [4.69, 9.17) is 0 Å². The molecule has 132 valence electrons. The molecule has 0 fully saturated rings. The van der Waals surface area contributed by atoms with Gasteiger partial charge in [-0.3, -0.25) is 9.59 Å². The summed E-state index contributed by atoms with van der Waals surface area (Å²) in [7, 11) is 0. The van der Waals surface area contributed by atoms with Crippen LogP contribution in [0, 0.1) is 3.57 Å². The number of amides is 2. The highest BCUT2D eigenvalue weighted by atomic mass is 127. The Balaban J connectivity index is 1.95. The molecule has 0 saturated carbocycles. The van der Waals surface area contributed by atoms with Crippen LogP contribution in [0.1, 0.15) is 24.2 Å². The van der Waals surface area contributed by atoms with Crippen LogP contribution in [0.3, 0.4) is 0 Å². The van der Waals surface area contributed by atoms with Crippen LogP contribution in [0.25, 0.3) is 0 Å². The van der Waals surface area contributed by atoms with Gasteiger partial charge in [0.05, 0.1) is 6.54 Å². The van der Waals surface area contributed by atoms with E-state index in [1.165, 1.54) is 0 Å². The molecule has 0 bridgehead atoms. The molecule has 0 heterocycles. The van der Waals surface area contributed by atoms with Gasteiger partial charge in [0.2, 0.25) is 5.91 Å². The van der Waals surface area contributed by atoms with Gasteiger partial charge in [-0.05, 0) is 78.9 Å². The predicted octanol–water partition coefficient (Wildman–Crippen LogP) is 3.82. The first kappa shape index (κ1) is 19.2. The van der Waals surface area contributed by atoms with Gasteiger partial charge in [-0.15, -0.1) is 0 Å². The number of hydrogen-bond donors (Lipinski definition) is 2. The number of carbonyl (C=O) groups excluding carboxylic acids is 2. The van der Waals surface area contributed by atoms with Gasteiger partial charge in [0, 0.05) is 33.6 Å². The van der Waals surface area contributed by atoms with Gasteiger partial charge in [0.1, 0.15) is 0 Å². The summed E-state index contributed by atoms with van der Waals surface area (Å²) >= 11 is 2.23. The molecule has 0 atom stereocenters. The molecule has 0 aliphatic carbocycles. The van der Waals surface area contributed by atoms with Gasteiger partial charge in [-0.2, -0.15) is 0 Å². The highest BCUT2D eigenvalue weighted by molar-refractivity contribution is 14.1. The maximum Gasteiger partial charge on any atom is 0.253 e. The highest BCUT2D eigenvalue weighted by Crippen LogP contribution is 2.14. The monoisotopic (exact) mass is 451 g/mol. The molecular formula is C19H22IN3O2. The minimum absolute atomic E-state index is 0.0295. The Morgan fingerprint density at radius 2 is 1.68 bits per heavy atom. The number of carbonyl (C=O) groups is 2. The molecular weight excluding hydrogens is 429 g/mol. The molecule has 5 nitrogen and oxygen atoms in total. The fourth-order valence-electron chi connectivity index (χ4n) is 2.38. The summed E-state index contributed by atoms with van der Waals surface area (Å²) in [5.74, 6) is -0.191. The maximum atomic E-state index is 12.4.